The molecular formula is C25H26N2O3. The van der Waals surface area contributed by atoms with E-state index in [1.54, 1.807) is 0 Å². The van der Waals surface area contributed by atoms with E-state index < -0.39 is 0 Å². The first-order chi connectivity index (χ1) is 14.6. The van der Waals surface area contributed by atoms with E-state index in [9.17, 15) is 4.79 Å². The Kier molecular flexibility index (Phi) is 6.00. The van der Waals surface area contributed by atoms with E-state index in [2.05, 4.69) is 54.0 Å². The van der Waals surface area contributed by atoms with Gasteiger partial charge in [-0.2, -0.15) is 0 Å². The van der Waals surface area contributed by atoms with Crippen LogP contribution in [-0.2, 0) is 11.3 Å². The quantitative estimate of drug-likeness (QED) is 0.614. The van der Waals surface area contributed by atoms with E-state index in [1.165, 1.54) is 11.1 Å². The van der Waals surface area contributed by atoms with E-state index in [1.807, 2.05) is 43.3 Å². The van der Waals surface area contributed by atoms with Crippen LogP contribution < -0.4 is 20.1 Å². The van der Waals surface area contributed by atoms with Gasteiger partial charge in [0.15, 0.2) is 11.5 Å². The van der Waals surface area contributed by atoms with Crippen molar-refractivity contribution in [2.45, 2.75) is 32.5 Å². The summed E-state index contributed by atoms with van der Waals surface area (Å²) < 4.78 is 10.7. The van der Waals surface area contributed by atoms with Gasteiger partial charge < -0.3 is 14.8 Å². The summed E-state index contributed by atoms with van der Waals surface area (Å²) in [5.74, 6) is 1.42. The van der Waals surface area contributed by atoms with Crippen molar-refractivity contribution in [3.8, 4) is 22.6 Å². The normalized spacial score (nSPS) is 14.2. The number of rotatable bonds is 7. The summed E-state index contributed by atoms with van der Waals surface area (Å²) in [6, 6.07) is 24.2. The summed E-state index contributed by atoms with van der Waals surface area (Å²) in [6.07, 6.45) is 0. The van der Waals surface area contributed by atoms with E-state index in [4.69, 9.17) is 9.47 Å². The Hall–Kier alpha value is -3.31. The first kappa shape index (κ1) is 20.0. The predicted molar refractivity (Wildman–Crippen MR) is 117 cm³/mol. The number of ether oxygens (including phenoxy) is 2. The van der Waals surface area contributed by atoms with Crippen molar-refractivity contribution < 1.29 is 14.3 Å². The maximum absolute atomic E-state index is 12.5. The molecule has 0 saturated carbocycles. The van der Waals surface area contributed by atoms with Crippen molar-refractivity contribution in [2.24, 2.45) is 0 Å². The molecule has 0 aromatic heterocycles. The average molecular weight is 402 g/mol. The number of hydrogen-bond donors (Lipinski definition) is 2. The van der Waals surface area contributed by atoms with Crippen molar-refractivity contribution in [1.29, 1.82) is 0 Å². The molecule has 154 valence electrons. The monoisotopic (exact) mass is 402 g/mol. The third-order valence-electron chi connectivity index (χ3n) is 5.31. The largest absolute Gasteiger partial charge is 0.454 e. The number of hydrogen-bond acceptors (Lipinski definition) is 4. The topological polar surface area (TPSA) is 59.6 Å². The van der Waals surface area contributed by atoms with Gasteiger partial charge in [0.1, 0.15) is 0 Å². The molecule has 0 radical (unpaired) electrons. The Bertz CT molecular complexity index is 1000. The smallest absolute Gasteiger partial charge is 0.237 e. The summed E-state index contributed by atoms with van der Waals surface area (Å²) in [5.41, 5.74) is 4.50. The fourth-order valence-electron chi connectivity index (χ4n) is 3.53. The Morgan fingerprint density at radius 2 is 1.60 bits per heavy atom. The zero-order valence-corrected chi connectivity index (χ0v) is 17.2. The van der Waals surface area contributed by atoms with Crippen molar-refractivity contribution in [3.05, 3.63) is 83.9 Å². The molecule has 4 rings (SSSR count). The molecule has 0 aliphatic carbocycles. The van der Waals surface area contributed by atoms with Gasteiger partial charge in [-0.1, -0.05) is 60.7 Å². The first-order valence-electron chi connectivity index (χ1n) is 10.2. The fourth-order valence-corrected chi connectivity index (χ4v) is 3.53. The molecule has 1 heterocycles. The van der Waals surface area contributed by atoms with Gasteiger partial charge in [0.05, 0.1) is 6.04 Å². The standard InChI is InChI=1S/C25H26N2O3/c1-17(20-9-11-22(12-10-20)21-6-4-3-5-7-21)27-18(2)25(28)26-15-19-8-13-23-24(14-19)30-16-29-23/h3-14,17-18,27H,15-16H2,1-2H3,(H,26,28)/t17-,18-/m1/s1. The average Bonchev–Trinajstić information content (AvgIpc) is 3.26. The van der Waals surface area contributed by atoms with Gasteiger partial charge in [0.25, 0.3) is 0 Å². The second-order valence-electron chi connectivity index (χ2n) is 7.50. The summed E-state index contributed by atoms with van der Waals surface area (Å²) in [4.78, 5) is 12.5. The van der Waals surface area contributed by atoms with Crippen LogP contribution in [0.2, 0.25) is 0 Å². The molecule has 5 nitrogen and oxygen atoms in total. The van der Waals surface area contributed by atoms with Crippen LogP contribution in [0.25, 0.3) is 11.1 Å². The molecule has 0 bridgehead atoms. The molecule has 3 aromatic rings. The minimum Gasteiger partial charge on any atom is -0.454 e. The van der Waals surface area contributed by atoms with Crippen LogP contribution in [0.4, 0.5) is 0 Å². The predicted octanol–water partition coefficient (Wildman–Crippen LogP) is 4.44. The molecule has 0 fully saturated rings. The van der Waals surface area contributed by atoms with Crippen LogP contribution in [0.3, 0.4) is 0 Å². The molecule has 0 saturated heterocycles. The van der Waals surface area contributed by atoms with Gasteiger partial charge in [-0.3, -0.25) is 10.1 Å². The molecule has 1 aliphatic heterocycles. The number of benzene rings is 3. The summed E-state index contributed by atoms with van der Waals surface area (Å²) in [5, 5.41) is 6.36. The molecule has 2 N–H and O–H groups in total. The minimum absolute atomic E-state index is 0.0413. The lowest BCUT2D eigenvalue weighted by Crippen LogP contribution is -2.42. The maximum Gasteiger partial charge on any atom is 0.237 e. The van der Waals surface area contributed by atoms with E-state index in [-0.39, 0.29) is 24.8 Å². The Balaban J connectivity index is 1.30. The third kappa shape index (κ3) is 4.63. The molecule has 2 atom stereocenters. The Morgan fingerprint density at radius 3 is 2.37 bits per heavy atom. The molecule has 5 heteroatoms. The number of carbonyl (C=O) groups is 1. The van der Waals surface area contributed by atoms with Crippen molar-refractivity contribution in [2.75, 3.05) is 6.79 Å². The molecule has 0 spiro atoms. The summed E-state index contributed by atoms with van der Waals surface area (Å²) in [7, 11) is 0. The van der Waals surface area contributed by atoms with Gasteiger partial charge in [-0.15, -0.1) is 0 Å². The van der Waals surface area contributed by atoms with E-state index >= 15 is 0 Å². The number of nitrogens with one attached hydrogen (secondary N) is 2. The zero-order valence-electron chi connectivity index (χ0n) is 17.2. The van der Waals surface area contributed by atoms with Crippen LogP contribution in [0, 0.1) is 0 Å². The molecule has 3 aromatic carbocycles. The lowest BCUT2D eigenvalue weighted by molar-refractivity contribution is -0.123. The highest BCUT2D eigenvalue weighted by Gasteiger charge is 2.17. The van der Waals surface area contributed by atoms with E-state index in [0.29, 0.717) is 6.54 Å². The Morgan fingerprint density at radius 1 is 0.900 bits per heavy atom. The fraction of sp³-hybridized carbons (Fsp3) is 0.240. The second kappa shape index (κ2) is 9.01. The summed E-state index contributed by atoms with van der Waals surface area (Å²) in [6.45, 7) is 4.64. The number of amides is 1. The third-order valence-corrected chi connectivity index (χ3v) is 5.31. The van der Waals surface area contributed by atoms with Crippen LogP contribution in [-0.4, -0.2) is 18.7 Å². The Labute approximate surface area is 177 Å². The number of fused-ring (bicyclic) bond motifs is 1. The molecular weight excluding hydrogens is 376 g/mol. The SMILES string of the molecule is C[C@@H](N[C@H](C)c1ccc(-c2ccccc2)cc1)C(=O)NCc1ccc2c(c1)OCO2. The molecule has 1 aliphatic rings. The second-order valence-corrected chi connectivity index (χ2v) is 7.50. The van der Waals surface area contributed by atoms with Gasteiger partial charge >= 0.3 is 0 Å². The first-order valence-corrected chi connectivity index (χ1v) is 10.2. The van der Waals surface area contributed by atoms with E-state index in [0.717, 1.165) is 22.6 Å². The van der Waals surface area contributed by atoms with Crippen LogP contribution in [0.1, 0.15) is 31.0 Å². The zero-order chi connectivity index (χ0) is 20.9. The van der Waals surface area contributed by atoms with Crippen LogP contribution in [0.5, 0.6) is 11.5 Å². The van der Waals surface area contributed by atoms with Crippen molar-refractivity contribution >= 4 is 5.91 Å². The lowest BCUT2D eigenvalue weighted by atomic mass is 10.0. The van der Waals surface area contributed by atoms with Gasteiger partial charge in [-0.25, -0.2) is 0 Å². The van der Waals surface area contributed by atoms with Crippen LogP contribution >= 0.6 is 0 Å². The highest BCUT2D eigenvalue weighted by atomic mass is 16.7. The maximum atomic E-state index is 12.5. The highest BCUT2D eigenvalue weighted by Crippen LogP contribution is 2.32. The lowest BCUT2D eigenvalue weighted by Gasteiger charge is -2.20. The minimum atomic E-state index is -0.317. The molecule has 1 amide bonds. The summed E-state index contributed by atoms with van der Waals surface area (Å²) >= 11 is 0. The van der Waals surface area contributed by atoms with Gasteiger partial charge in [0, 0.05) is 12.6 Å². The van der Waals surface area contributed by atoms with Crippen LogP contribution in [0.15, 0.2) is 72.8 Å². The molecule has 0 unspecified atom stereocenters. The highest BCUT2D eigenvalue weighted by molar-refractivity contribution is 5.81. The van der Waals surface area contributed by atoms with Gasteiger partial charge in [-0.05, 0) is 48.2 Å². The van der Waals surface area contributed by atoms with Crippen molar-refractivity contribution in [1.82, 2.24) is 10.6 Å². The van der Waals surface area contributed by atoms with Gasteiger partial charge in [0.2, 0.25) is 12.7 Å². The molecule has 30 heavy (non-hydrogen) atoms. The van der Waals surface area contributed by atoms with Crippen molar-refractivity contribution in [3.63, 3.8) is 0 Å². The number of carbonyl (C=O) groups excluding carboxylic acids is 1.